The average molecular weight is 435 g/mol. The molecule has 3 N–H and O–H groups in total. The number of aromatic nitrogens is 1. The number of thiazole rings is 1. The van der Waals surface area contributed by atoms with E-state index in [9.17, 15) is 14.4 Å². The number of nitrogens with one attached hydrogen (secondary N) is 3. The highest BCUT2D eigenvalue weighted by molar-refractivity contribution is 7.09. The van der Waals surface area contributed by atoms with E-state index in [0.717, 1.165) is 17.7 Å². The van der Waals surface area contributed by atoms with Gasteiger partial charge in [-0.15, -0.1) is 11.3 Å². The minimum absolute atomic E-state index is 0.0117. The summed E-state index contributed by atoms with van der Waals surface area (Å²) >= 11 is 1.59. The number of urea groups is 1. The molecule has 0 aromatic carbocycles. The van der Waals surface area contributed by atoms with Gasteiger partial charge in [0.05, 0.1) is 11.6 Å². The van der Waals surface area contributed by atoms with Crippen LogP contribution in [0, 0.1) is 5.92 Å². The normalized spacial score (nSPS) is 27.0. The van der Waals surface area contributed by atoms with E-state index >= 15 is 0 Å². The summed E-state index contributed by atoms with van der Waals surface area (Å²) in [5.74, 6) is -0.0105. The van der Waals surface area contributed by atoms with Gasteiger partial charge in [-0.1, -0.05) is 0 Å². The highest BCUT2D eigenvalue weighted by Gasteiger charge is 2.44. The summed E-state index contributed by atoms with van der Waals surface area (Å²) in [5.41, 5.74) is 1.81. The molecule has 0 spiro atoms. The van der Waals surface area contributed by atoms with Crippen molar-refractivity contribution in [3.8, 4) is 0 Å². The minimum atomic E-state index is -0.556. The van der Waals surface area contributed by atoms with Crippen molar-refractivity contribution in [2.75, 3.05) is 19.6 Å². The Bertz CT molecular complexity index is 782. The quantitative estimate of drug-likeness (QED) is 0.606. The topological polar surface area (TPSA) is 107 Å². The van der Waals surface area contributed by atoms with Crippen LogP contribution in [0.1, 0.15) is 38.0 Å². The van der Waals surface area contributed by atoms with Crippen LogP contribution in [0.15, 0.2) is 11.7 Å². The molecule has 0 radical (unpaired) electrons. The maximum absolute atomic E-state index is 13.3. The van der Waals surface area contributed by atoms with Crippen LogP contribution in [0.25, 0.3) is 0 Å². The van der Waals surface area contributed by atoms with Gasteiger partial charge >= 0.3 is 6.03 Å². The van der Waals surface area contributed by atoms with Crippen LogP contribution < -0.4 is 16.0 Å². The highest BCUT2D eigenvalue weighted by atomic mass is 32.1. The molecule has 2 saturated heterocycles. The number of rotatable bonds is 6. The largest absolute Gasteiger partial charge is 0.343 e. The molecule has 2 aliphatic heterocycles. The number of nitrogens with zero attached hydrogens (tertiary/aromatic N) is 3. The van der Waals surface area contributed by atoms with Crippen molar-refractivity contribution in [3.63, 3.8) is 0 Å². The Kier molecular flexibility index (Phi) is 6.24. The van der Waals surface area contributed by atoms with Crippen LogP contribution in [0.4, 0.5) is 4.79 Å². The maximum Gasteiger partial charge on any atom is 0.315 e. The first-order chi connectivity index (χ1) is 14.4. The molecule has 9 nitrogen and oxygen atoms in total. The standard InChI is InChI=1S/C20H30N6O3S/c1-12(2)22-20(29)23-14-5-15-8-25(9-16-6-21-11-30-16)10-17(19(28)26(15)7-14)24-18(27)13-3-4-13/h6,11-15,17H,3-5,7-10H2,1-2H3,(H,24,27)(H2,22,23,29)/t14-,15-,17-/m0/s1. The summed E-state index contributed by atoms with van der Waals surface area (Å²) in [4.78, 5) is 47.2. The third kappa shape index (κ3) is 5.10. The van der Waals surface area contributed by atoms with Gasteiger partial charge in [0.2, 0.25) is 11.8 Å². The molecule has 1 aromatic heterocycles. The molecule has 1 saturated carbocycles. The van der Waals surface area contributed by atoms with Gasteiger partial charge in [0.15, 0.2) is 0 Å². The van der Waals surface area contributed by atoms with Gasteiger partial charge in [0.25, 0.3) is 0 Å². The summed E-state index contributed by atoms with van der Waals surface area (Å²) in [7, 11) is 0. The lowest BCUT2D eigenvalue weighted by Crippen LogP contribution is -2.52. The van der Waals surface area contributed by atoms with Gasteiger partial charge in [-0.3, -0.25) is 19.5 Å². The van der Waals surface area contributed by atoms with Crippen molar-refractivity contribution >= 4 is 29.2 Å². The van der Waals surface area contributed by atoms with Crippen molar-refractivity contribution in [1.29, 1.82) is 0 Å². The molecule has 0 unspecified atom stereocenters. The van der Waals surface area contributed by atoms with Crippen molar-refractivity contribution in [2.24, 2.45) is 5.92 Å². The number of amides is 4. The lowest BCUT2D eigenvalue weighted by atomic mass is 10.1. The van der Waals surface area contributed by atoms with Crippen LogP contribution in [0.2, 0.25) is 0 Å². The van der Waals surface area contributed by atoms with Gasteiger partial charge in [-0.2, -0.15) is 0 Å². The maximum atomic E-state index is 13.3. The highest BCUT2D eigenvalue weighted by Crippen LogP contribution is 2.30. The van der Waals surface area contributed by atoms with E-state index in [1.165, 1.54) is 0 Å². The summed E-state index contributed by atoms with van der Waals surface area (Å²) in [5, 5.41) is 8.83. The molecule has 10 heteroatoms. The molecule has 30 heavy (non-hydrogen) atoms. The van der Waals surface area contributed by atoms with Crippen molar-refractivity contribution < 1.29 is 14.4 Å². The fourth-order valence-electron chi connectivity index (χ4n) is 4.27. The second kappa shape index (κ2) is 8.89. The summed E-state index contributed by atoms with van der Waals surface area (Å²) in [6.45, 7) is 6.20. The molecule has 1 aliphatic carbocycles. The van der Waals surface area contributed by atoms with Gasteiger partial charge in [0.1, 0.15) is 6.04 Å². The van der Waals surface area contributed by atoms with E-state index in [-0.39, 0.29) is 41.9 Å². The molecule has 3 fully saturated rings. The van der Waals surface area contributed by atoms with Gasteiger partial charge in [-0.25, -0.2) is 4.79 Å². The fourth-order valence-corrected chi connectivity index (χ4v) is 4.91. The molecule has 4 rings (SSSR count). The number of hydrogen-bond acceptors (Lipinski definition) is 6. The molecule has 4 amide bonds. The SMILES string of the molecule is CC(C)NC(=O)N[C@H]1C[C@H]2CN(Cc3cncs3)C[C@H](NC(=O)C3CC3)C(=O)N2C1. The van der Waals surface area contributed by atoms with Gasteiger partial charge in [0, 0.05) is 55.3 Å². The summed E-state index contributed by atoms with van der Waals surface area (Å²) in [6, 6.07) is -0.798. The zero-order chi connectivity index (χ0) is 21.3. The second-order valence-corrected chi connectivity index (χ2v) is 9.82. The summed E-state index contributed by atoms with van der Waals surface area (Å²) < 4.78 is 0. The predicted octanol–water partition coefficient (Wildman–Crippen LogP) is 0.531. The van der Waals surface area contributed by atoms with E-state index in [4.69, 9.17) is 0 Å². The fraction of sp³-hybridized carbons (Fsp3) is 0.700. The second-order valence-electron chi connectivity index (χ2n) is 8.85. The Morgan fingerprint density at radius 1 is 1.23 bits per heavy atom. The first-order valence-electron chi connectivity index (χ1n) is 10.7. The van der Waals surface area contributed by atoms with Crippen LogP contribution >= 0.6 is 11.3 Å². The Morgan fingerprint density at radius 2 is 2.03 bits per heavy atom. The first-order valence-corrected chi connectivity index (χ1v) is 11.5. The monoisotopic (exact) mass is 434 g/mol. The van der Waals surface area contributed by atoms with Crippen LogP contribution in [0.5, 0.6) is 0 Å². The zero-order valence-electron chi connectivity index (χ0n) is 17.5. The third-order valence-corrected chi connectivity index (χ3v) is 6.55. The predicted molar refractivity (Wildman–Crippen MR) is 113 cm³/mol. The third-order valence-electron chi connectivity index (χ3n) is 5.79. The molecule has 0 bridgehead atoms. The molecule has 3 aliphatic rings. The van der Waals surface area contributed by atoms with Crippen molar-refractivity contribution in [1.82, 2.24) is 30.7 Å². The van der Waals surface area contributed by atoms with Gasteiger partial charge in [-0.05, 0) is 33.1 Å². The minimum Gasteiger partial charge on any atom is -0.343 e. The molecule has 3 heterocycles. The molecule has 164 valence electrons. The summed E-state index contributed by atoms with van der Waals surface area (Å²) in [6.07, 6.45) is 4.36. The molecular formula is C20H30N6O3S. The first kappa shape index (κ1) is 21.0. The van der Waals surface area contributed by atoms with Crippen LogP contribution in [-0.2, 0) is 16.1 Å². The van der Waals surface area contributed by atoms with Crippen molar-refractivity contribution in [3.05, 3.63) is 16.6 Å². The number of carbonyl (C=O) groups is 3. The van der Waals surface area contributed by atoms with Gasteiger partial charge < -0.3 is 20.9 Å². The zero-order valence-corrected chi connectivity index (χ0v) is 18.3. The molecule has 1 aromatic rings. The lowest BCUT2D eigenvalue weighted by Gasteiger charge is -2.24. The number of carbonyl (C=O) groups excluding carboxylic acids is 3. The molecular weight excluding hydrogens is 404 g/mol. The van der Waals surface area contributed by atoms with Crippen LogP contribution in [0.3, 0.4) is 0 Å². The Morgan fingerprint density at radius 3 is 2.70 bits per heavy atom. The Hall–Kier alpha value is -2.20. The van der Waals surface area contributed by atoms with E-state index in [0.29, 0.717) is 32.6 Å². The smallest absolute Gasteiger partial charge is 0.315 e. The van der Waals surface area contributed by atoms with Crippen molar-refractivity contribution in [2.45, 2.75) is 63.8 Å². The average Bonchev–Trinajstić information content (AvgIpc) is 3.30. The van der Waals surface area contributed by atoms with E-state index in [2.05, 4.69) is 25.8 Å². The van der Waals surface area contributed by atoms with Crippen LogP contribution in [-0.4, -0.2) is 76.4 Å². The number of fused-ring (bicyclic) bond motifs is 1. The van der Waals surface area contributed by atoms with E-state index in [1.807, 2.05) is 24.9 Å². The van der Waals surface area contributed by atoms with E-state index in [1.54, 1.807) is 16.8 Å². The van der Waals surface area contributed by atoms with E-state index < -0.39 is 6.04 Å². The lowest BCUT2D eigenvalue weighted by molar-refractivity contribution is -0.136. The molecule has 3 atom stereocenters. The number of hydrogen-bond donors (Lipinski definition) is 3. The Labute approximate surface area is 180 Å². The Balaban J connectivity index is 1.46.